The fourth-order valence-corrected chi connectivity index (χ4v) is 1.65. The van der Waals surface area contributed by atoms with E-state index < -0.39 is 0 Å². The van der Waals surface area contributed by atoms with Crippen LogP contribution in [0.15, 0.2) is 18.2 Å². The second-order valence-corrected chi connectivity index (χ2v) is 3.83. The maximum Gasteiger partial charge on any atom is 0.123 e. The van der Waals surface area contributed by atoms with Crippen molar-refractivity contribution in [2.45, 2.75) is 32.4 Å². The lowest BCUT2D eigenvalue weighted by atomic mass is 10.1. The second-order valence-electron chi connectivity index (χ2n) is 3.83. The highest BCUT2D eigenvalue weighted by molar-refractivity contribution is 5.40. The van der Waals surface area contributed by atoms with Gasteiger partial charge in [0.1, 0.15) is 11.9 Å². The molecule has 0 bridgehead atoms. The van der Waals surface area contributed by atoms with Crippen molar-refractivity contribution in [2.24, 2.45) is 5.73 Å². The molecule has 2 nitrogen and oxygen atoms in total. The van der Waals surface area contributed by atoms with Crippen molar-refractivity contribution in [3.63, 3.8) is 0 Å². The first-order chi connectivity index (χ1) is 6.16. The molecule has 1 aliphatic heterocycles. The maximum atomic E-state index is 5.79. The molecule has 2 N–H and O–H groups in total. The summed E-state index contributed by atoms with van der Waals surface area (Å²) in [5, 5.41) is 0. The third-order valence-electron chi connectivity index (χ3n) is 2.51. The molecule has 1 aromatic rings. The lowest BCUT2D eigenvalue weighted by Crippen LogP contribution is -2.34. The van der Waals surface area contributed by atoms with Gasteiger partial charge in [-0.05, 0) is 31.0 Å². The molecule has 0 aromatic heterocycles. The van der Waals surface area contributed by atoms with E-state index in [0.29, 0.717) is 0 Å². The standard InChI is InChI=1S/C11H15NO/c1-7-3-4-9-6-10(8(2)12)13-11(9)5-7/h3-5,8,10H,6,12H2,1-2H3. The molecule has 0 saturated heterocycles. The summed E-state index contributed by atoms with van der Waals surface area (Å²) in [7, 11) is 0. The summed E-state index contributed by atoms with van der Waals surface area (Å²) in [5.41, 5.74) is 8.32. The van der Waals surface area contributed by atoms with Gasteiger partial charge in [0.05, 0.1) is 0 Å². The van der Waals surface area contributed by atoms with Crippen LogP contribution in [0.4, 0.5) is 0 Å². The van der Waals surface area contributed by atoms with E-state index in [1.165, 1.54) is 11.1 Å². The average molecular weight is 177 g/mol. The summed E-state index contributed by atoms with van der Waals surface area (Å²) < 4.78 is 5.72. The zero-order chi connectivity index (χ0) is 9.42. The average Bonchev–Trinajstić information content (AvgIpc) is 2.46. The predicted molar refractivity (Wildman–Crippen MR) is 52.9 cm³/mol. The molecule has 0 aliphatic carbocycles. The summed E-state index contributed by atoms with van der Waals surface area (Å²) in [4.78, 5) is 0. The Morgan fingerprint density at radius 3 is 3.00 bits per heavy atom. The van der Waals surface area contributed by atoms with Gasteiger partial charge in [-0.1, -0.05) is 12.1 Å². The predicted octanol–water partition coefficient (Wildman–Crippen LogP) is 1.65. The first-order valence-corrected chi connectivity index (χ1v) is 4.68. The smallest absolute Gasteiger partial charge is 0.123 e. The Labute approximate surface area is 78.7 Å². The number of fused-ring (bicyclic) bond motifs is 1. The number of nitrogens with two attached hydrogens (primary N) is 1. The molecule has 1 heterocycles. The van der Waals surface area contributed by atoms with Gasteiger partial charge in [0.2, 0.25) is 0 Å². The van der Waals surface area contributed by atoms with Crippen LogP contribution in [0.25, 0.3) is 0 Å². The highest BCUT2D eigenvalue weighted by atomic mass is 16.5. The molecule has 70 valence electrons. The minimum absolute atomic E-state index is 0.104. The van der Waals surface area contributed by atoms with Crippen LogP contribution in [-0.2, 0) is 6.42 Å². The normalized spacial score (nSPS) is 22.2. The number of hydrogen-bond donors (Lipinski definition) is 1. The van der Waals surface area contributed by atoms with Crippen LogP contribution in [0, 0.1) is 6.92 Å². The van der Waals surface area contributed by atoms with Gasteiger partial charge in [-0.25, -0.2) is 0 Å². The van der Waals surface area contributed by atoms with Crippen LogP contribution >= 0.6 is 0 Å². The number of ether oxygens (including phenoxy) is 1. The molecular formula is C11H15NO. The van der Waals surface area contributed by atoms with Crippen molar-refractivity contribution >= 4 is 0 Å². The van der Waals surface area contributed by atoms with Crippen LogP contribution in [0.3, 0.4) is 0 Å². The minimum Gasteiger partial charge on any atom is -0.488 e. The summed E-state index contributed by atoms with van der Waals surface area (Å²) >= 11 is 0. The first-order valence-electron chi connectivity index (χ1n) is 4.68. The van der Waals surface area contributed by atoms with E-state index >= 15 is 0 Å². The Bertz CT molecular complexity index is 320. The molecule has 1 aliphatic rings. The van der Waals surface area contributed by atoms with Gasteiger partial charge in [-0.2, -0.15) is 0 Å². The Balaban J connectivity index is 2.25. The summed E-state index contributed by atoms with van der Waals surface area (Å²) in [6.45, 7) is 4.06. The van der Waals surface area contributed by atoms with Gasteiger partial charge < -0.3 is 10.5 Å². The molecule has 2 heteroatoms. The van der Waals surface area contributed by atoms with Gasteiger partial charge in [0.15, 0.2) is 0 Å². The zero-order valence-corrected chi connectivity index (χ0v) is 8.08. The van der Waals surface area contributed by atoms with Crippen molar-refractivity contribution in [3.8, 4) is 5.75 Å². The molecule has 1 aromatic carbocycles. The monoisotopic (exact) mass is 177 g/mol. The number of aryl methyl sites for hydroxylation is 1. The molecule has 13 heavy (non-hydrogen) atoms. The number of hydrogen-bond acceptors (Lipinski definition) is 2. The molecule has 0 amide bonds. The number of rotatable bonds is 1. The molecule has 0 saturated carbocycles. The highest BCUT2D eigenvalue weighted by Gasteiger charge is 2.25. The van der Waals surface area contributed by atoms with Gasteiger partial charge >= 0.3 is 0 Å². The van der Waals surface area contributed by atoms with E-state index in [2.05, 4.69) is 25.1 Å². The largest absolute Gasteiger partial charge is 0.488 e. The van der Waals surface area contributed by atoms with Crippen LogP contribution in [0.2, 0.25) is 0 Å². The Morgan fingerprint density at radius 2 is 2.31 bits per heavy atom. The fraction of sp³-hybridized carbons (Fsp3) is 0.455. The van der Waals surface area contributed by atoms with Gasteiger partial charge in [-0.15, -0.1) is 0 Å². The fourth-order valence-electron chi connectivity index (χ4n) is 1.65. The minimum atomic E-state index is 0.104. The van der Waals surface area contributed by atoms with Crippen LogP contribution in [0.1, 0.15) is 18.1 Å². The molecule has 2 atom stereocenters. The van der Waals surface area contributed by atoms with E-state index in [1.54, 1.807) is 0 Å². The van der Waals surface area contributed by atoms with Crippen LogP contribution in [-0.4, -0.2) is 12.1 Å². The van der Waals surface area contributed by atoms with E-state index in [4.69, 9.17) is 10.5 Å². The molecule has 2 rings (SSSR count). The third kappa shape index (κ3) is 1.54. The lowest BCUT2D eigenvalue weighted by Gasteiger charge is -2.13. The second kappa shape index (κ2) is 3.04. The molecule has 0 spiro atoms. The van der Waals surface area contributed by atoms with Gasteiger partial charge in [0, 0.05) is 12.5 Å². The van der Waals surface area contributed by atoms with Crippen LogP contribution in [0.5, 0.6) is 5.75 Å². The van der Waals surface area contributed by atoms with Crippen LogP contribution < -0.4 is 10.5 Å². The lowest BCUT2D eigenvalue weighted by molar-refractivity contribution is 0.206. The van der Waals surface area contributed by atoms with Crippen molar-refractivity contribution in [3.05, 3.63) is 29.3 Å². The zero-order valence-electron chi connectivity index (χ0n) is 8.08. The molecular weight excluding hydrogens is 162 g/mol. The van der Waals surface area contributed by atoms with E-state index in [9.17, 15) is 0 Å². The number of benzene rings is 1. The highest BCUT2D eigenvalue weighted by Crippen LogP contribution is 2.30. The van der Waals surface area contributed by atoms with Crippen molar-refractivity contribution < 1.29 is 4.74 Å². The van der Waals surface area contributed by atoms with Crippen molar-refractivity contribution in [2.75, 3.05) is 0 Å². The van der Waals surface area contributed by atoms with Gasteiger partial charge in [0.25, 0.3) is 0 Å². The summed E-state index contributed by atoms with van der Waals surface area (Å²) in [6, 6.07) is 6.43. The quantitative estimate of drug-likeness (QED) is 0.707. The van der Waals surface area contributed by atoms with Crippen molar-refractivity contribution in [1.82, 2.24) is 0 Å². The Kier molecular flexibility index (Phi) is 2.00. The molecule has 0 fully saturated rings. The third-order valence-corrected chi connectivity index (χ3v) is 2.51. The van der Waals surface area contributed by atoms with E-state index in [1.807, 2.05) is 6.92 Å². The Hall–Kier alpha value is -1.02. The first kappa shape index (κ1) is 8.57. The molecule has 0 radical (unpaired) electrons. The SMILES string of the molecule is Cc1ccc2c(c1)OC(C(C)N)C2. The maximum absolute atomic E-state index is 5.79. The van der Waals surface area contributed by atoms with E-state index in [-0.39, 0.29) is 12.1 Å². The van der Waals surface area contributed by atoms with E-state index in [0.717, 1.165) is 12.2 Å². The topological polar surface area (TPSA) is 35.2 Å². The molecule has 2 unspecified atom stereocenters. The van der Waals surface area contributed by atoms with Gasteiger partial charge in [-0.3, -0.25) is 0 Å². The van der Waals surface area contributed by atoms with Crippen molar-refractivity contribution in [1.29, 1.82) is 0 Å². The summed E-state index contributed by atoms with van der Waals surface area (Å²) in [6.07, 6.45) is 1.12. The summed E-state index contributed by atoms with van der Waals surface area (Å²) in [5.74, 6) is 1.02. The Morgan fingerprint density at radius 1 is 1.54 bits per heavy atom.